The number of nitro groups is 1. The second-order valence-corrected chi connectivity index (χ2v) is 6.83. The van der Waals surface area contributed by atoms with Crippen LogP contribution in [0.1, 0.15) is 39.9 Å². The fourth-order valence-corrected chi connectivity index (χ4v) is 3.09. The number of halogens is 3. The zero-order valence-corrected chi connectivity index (χ0v) is 16.9. The van der Waals surface area contributed by atoms with Crippen molar-refractivity contribution in [1.82, 2.24) is 19.6 Å². The average molecular weight is 436 g/mol. The summed E-state index contributed by atoms with van der Waals surface area (Å²) in [6, 6.07) is 4.88. The lowest BCUT2D eigenvalue weighted by atomic mass is 10.1. The second-order valence-electron chi connectivity index (χ2n) is 6.83. The quantitative estimate of drug-likeness (QED) is 0.465. The van der Waals surface area contributed by atoms with Gasteiger partial charge in [0.1, 0.15) is 6.20 Å². The fraction of sp³-hybridized carbons (Fsp3) is 0.316. The van der Waals surface area contributed by atoms with E-state index in [0.29, 0.717) is 29.2 Å². The predicted molar refractivity (Wildman–Crippen MR) is 105 cm³/mol. The van der Waals surface area contributed by atoms with Gasteiger partial charge in [-0.3, -0.25) is 24.3 Å². The van der Waals surface area contributed by atoms with Gasteiger partial charge in [-0.15, -0.1) is 0 Å². The molecule has 3 aromatic rings. The van der Waals surface area contributed by atoms with Crippen LogP contribution in [0.15, 0.2) is 30.5 Å². The Kier molecular flexibility index (Phi) is 5.82. The Morgan fingerprint density at radius 2 is 1.97 bits per heavy atom. The summed E-state index contributed by atoms with van der Waals surface area (Å²) in [5.41, 5.74) is 0.0744. The standard InChI is InChI=1S/C19H19F3N6O3/c1-4-26-10-15(28(30)31)17(25-26)18(29)23-16-11(2)24-27(12(16)3)9-13-6-5-7-14(8-13)19(20,21)22/h5-8,10H,4,9H2,1-3H3,(H,23,29). The predicted octanol–water partition coefficient (Wildman–Crippen LogP) is 3.94. The molecule has 0 saturated heterocycles. The van der Waals surface area contributed by atoms with Crippen molar-refractivity contribution in [3.63, 3.8) is 0 Å². The van der Waals surface area contributed by atoms with Gasteiger partial charge in [-0.05, 0) is 38.5 Å². The molecule has 1 N–H and O–H groups in total. The summed E-state index contributed by atoms with van der Waals surface area (Å²) >= 11 is 0. The number of alkyl halides is 3. The van der Waals surface area contributed by atoms with Crippen LogP contribution in [0, 0.1) is 24.0 Å². The first-order valence-corrected chi connectivity index (χ1v) is 9.24. The highest BCUT2D eigenvalue weighted by Crippen LogP contribution is 2.30. The Bertz CT molecular complexity index is 1150. The van der Waals surface area contributed by atoms with Gasteiger partial charge in [0.2, 0.25) is 5.69 Å². The summed E-state index contributed by atoms with van der Waals surface area (Å²) in [5, 5.41) is 22.0. The Morgan fingerprint density at radius 1 is 1.26 bits per heavy atom. The number of rotatable bonds is 6. The molecule has 0 aliphatic carbocycles. The molecule has 0 fully saturated rings. The maximum absolute atomic E-state index is 13.0. The van der Waals surface area contributed by atoms with Crippen LogP contribution >= 0.6 is 0 Å². The number of nitrogens with zero attached hydrogens (tertiary/aromatic N) is 5. The minimum absolute atomic E-state index is 0.0527. The molecule has 0 radical (unpaired) electrons. The summed E-state index contributed by atoms with van der Waals surface area (Å²) < 4.78 is 41.6. The molecule has 3 rings (SSSR count). The van der Waals surface area contributed by atoms with Gasteiger partial charge in [0, 0.05) is 6.54 Å². The number of hydrogen-bond acceptors (Lipinski definition) is 5. The first-order chi connectivity index (χ1) is 14.5. The summed E-state index contributed by atoms with van der Waals surface area (Å²) in [6.07, 6.45) is -3.29. The number of carbonyl (C=O) groups excluding carboxylic acids is 1. The van der Waals surface area contributed by atoms with E-state index >= 15 is 0 Å². The van der Waals surface area contributed by atoms with E-state index in [0.717, 1.165) is 12.1 Å². The van der Waals surface area contributed by atoms with Crippen LogP contribution in [0.25, 0.3) is 0 Å². The Balaban J connectivity index is 1.87. The topological polar surface area (TPSA) is 108 Å². The van der Waals surface area contributed by atoms with Crippen LogP contribution in [0.2, 0.25) is 0 Å². The number of anilines is 1. The molecule has 0 aliphatic heterocycles. The molecule has 0 unspecified atom stereocenters. The molecule has 164 valence electrons. The van der Waals surface area contributed by atoms with Crippen molar-refractivity contribution >= 4 is 17.3 Å². The third-order valence-electron chi connectivity index (χ3n) is 4.68. The van der Waals surface area contributed by atoms with Crippen molar-refractivity contribution in [3.05, 3.63) is 68.8 Å². The number of hydrogen-bond donors (Lipinski definition) is 1. The molecule has 2 aromatic heterocycles. The normalized spacial score (nSPS) is 11.5. The van der Waals surface area contributed by atoms with E-state index < -0.39 is 28.3 Å². The van der Waals surface area contributed by atoms with E-state index in [1.807, 2.05) is 0 Å². The van der Waals surface area contributed by atoms with Crippen molar-refractivity contribution < 1.29 is 22.9 Å². The molecule has 1 aromatic carbocycles. The van der Waals surface area contributed by atoms with Gasteiger partial charge in [-0.2, -0.15) is 23.4 Å². The van der Waals surface area contributed by atoms with Gasteiger partial charge < -0.3 is 5.32 Å². The summed E-state index contributed by atoms with van der Waals surface area (Å²) in [7, 11) is 0. The van der Waals surface area contributed by atoms with Gasteiger partial charge in [0.05, 0.1) is 34.1 Å². The number of benzene rings is 1. The monoisotopic (exact) mass is 436 g/mol. The van der Waals surface area contributed by atoms with E-state index in [4.69, 9.17) is 0 Å². The zero-order chi connectivity index (χ0) is 22.9. The molecule has 0 spiro atoms. The highest BCUT2D eigenvalue weighted by Gasteiger charge is 2.30. The van der Waals surface area contributed by atoms with Gasteiger partial charge in [0.15, 0.2) is 0 Å². The van der Waals surface area contributed by atoms with Gasteiger partial charge in [0.25, 0.3) is 5.91 Å². The van der Waals surface area contributed by atoms with Crippen LogP contribution in [0.4, 0.5) is 24.5 Å². The Hall–Kier alpha value is -3.70. The van der Waals surface area contributed by atoms with Gasteiger partial charge >= 0.3 is 11.9 Å². The van der Waals surface area contributed by atoms with E-state index in [2.05, 4.69) is 15.5 Å². The molecule has 0 bridgehead atoms. The number of aryl methyl sites for hydroxylation is 2. The average Bonchev–Trinajstić information content (AvgIpc) is 3.25. The maximum atomic E-state index is 13.0. The van der Waals surface area contributed by atoms with Crippen molar-refractivity contribution in [3.8, 4) is 0 Å². The highest BCUT2D eigenvalue weighted by atomic mass is 19.4. The SMILES string of the molecule is CCn1cc([N+](=O)[O-])c(C(=O)Nc2c(C)nn(Cc3cccc(C(F)(F)F)c3)c2C)n1. The lowest BCUT2D eigenvalue weighted by molar-refractivity contribution is -0.385. The smallest absolute Gasteiger partial charge is 0.317 e. The van der Waals surface area contributed by atoms with Crippen LogP contribution in [-0.2, 0) is 19.3 Å². The third-order valence-corrected chi connectivity index (χ3v) is 4.68. The summed E-state index contributed by atoms with van der Waals surface area (Å²) in [5.74, 6) is -0.774. The lowest BCUT2D eigenvalue weighted by Gasteiger charge is -2.10. The number of nitrogens with one attached hydrogen (secondary N) is 1. The van der Waals surface area contributed by atoms with E-state index in [1.54, 1.807) is 26.8 Å². The first kappa shape index (κ1) is 22.0. The molecule has 31 heavy (non-hydrogen) atoms. The molecule has 9 nitrogen and oxygen atoms in total. The van der Waals surface area contributed by atoms with E-state index in [-0.39, 0.29) is 12.2 Å². The summed E-state index contributed by atoms with van der Waals surface area (Å²) in [4.78, 5) is 23.2. The first-order valence-electron chi connectivity index (χ1n) is 9.24. The van der Waals surface area contributed by atoms with Crippen molar-refractivity contribution in [1.29, 1.82) is 0 Å². The maximum Gasteiger partial charge on any atom is 0.416 e. The fourth-order valence-electron chi connectivity index (χ4n) is 3.09. The lowest BCUT2D eigenvalue weighted by Crippen LogP contribution is -2.16. The third kappa shape index (κ3) is 4.57. The minimum Gasteiger partial charge on any atom is -0.317 e. The molecular weight excluding hydrogens is 417 g/mol. The van der Waals surface area contributed by atoms with Crippen molar-refractivity contribution in [2.24, 2.45) is 0 Å². The highest BCUT2D eigenvalue weighted by molar-refractivity contribution is 6.06. The molecular formula is C19H19F3N6O3. The molecule has 0 aliphatic rings. The molecule has 1 amide bonds. The zero-order valence-electron chi connectivity index (χ0n) is 16.9. The number of amides is 1. The molecule has 12 heteroatoms. The van der Waals surface area contributed by atoms with Crippen molar-refractivity contribution in [2.45, 2.75) is 40.0 Å². The Labute approximate surface area is 174 Å². The van der Waals surface area contributed by atoms with E-state index in [1.165, 1.54) is 21.6 Å². The van der Waals surface area contributed by atoms with Crippen LogP contribution < -0.4 is 5.32 Å². The number of aromatic nitrogens is 4. The van der Waals surface area contributed by atoms with E-state index in [9.17, 15) is 28.1 Å². The Morgan fingerprint density at radius 3 is 2.58 bits per heavy atom. The number of carbonyl (C=O) groups is 1. The van der Waals surface area contributed by atoms with Gasteiger partial charge in [-0.1, -0.05) is 12.1 Å². The van der Waals surface area contributed by atoms with Gasteiger partial charge in [-0.25, -0.2) is 0 Å². The second kappa shape index (κ2) is 8.20. The van der Waals surface area contributed by atoms with Crippen LogP contribution in [0.5, 0.6) is 0 Å². The van der Waals surface area contributed by atoms with Crippen LogP contribution in [-0.4, -0.2) is 30.4 Å². The van der Waals surface area contributed by atoms with Crippen molar-refractivity contribution in [2.75, 3.05) is 5.32 Å². The molecule has 0 saturated carbocycles. The van der Waals surface area contributed by atoms with Crippen LogP contribution in [0.3, 0.4) is 0 Å². The minimum atomic E-state index is -4.46. The molecule has 2 heterocycles. The summed E-state index contributed by atoms with van der Waals surface area (Å²) in [6.45, 7) is 5.38. The molecule has 0 atom stereocenters. The largest absolute Gasteiger partial charge is 0.416 e.